The first-order valence-electron chi connectivity index (χ1n) is 7.60. The molecule has 1 aromatic carbocycles. The van der Waals surface area contributed by atoms with Gasteiger partial charge in [0.2, 0.25) is 5.91 Å². The van der Waals surface area contributed by atoms with Crippen molar-refractivity contribution in [3.63, 3.8) is 0 Å². The van der Waals surface area contributed by atoms with Crippen molar-refractivity contribution >= 4 is 47.0 Å². The molecular formula is C17H14N4O4S. The summed E-state index contributed by atoms with van der Waals surface area (Å²) in [6, 6.07) is 10.1. The number of thiocarbonyl (C=S) groups is 1. The van der Waals surface area contributed by atoms with Gasteiger partial charge in [0.05, 0.1) is 12.0 Å². The fraction of sp³-hybridized carbons (Fsp3) is 0.118. The molecular weight excluding hydrogens is 356 g/mol. The lowest BCUT2D eigenvalue weighted by Crippen LogP contribution is -2.58. The van der Waals surface area contributed by atoms with Crippen molar-refractivity contribution in [2.24, 2.45) is 11.0 Å². The van der Waals surface area contributed by atoms with Crippen molar-refractivity contribution in [3.8, 4) is 0 Å². The van der Waals surface area contributed by atoms with Crippen molar-refractivity contribution in [2.45, 2.75) is 6.92 Å². The number of benzene rings is 1. The van der Waals surface area contributed by atoms with Gasteiger partial charge in [-0.25, -0.2) is 5.43 Å². The van der Waals surface area contributed by atoms with Gasteiger partial charge in [0.15, 0.2) is 16.8 Å². The summed E-state index contributed by atoms with van der Waals surface area (Å²) in [5.41, 5.74) is 3.75. The van der Waals surface area contributed by atoms with Crippen LogP contribution in [0.1, 0.15) is 16.1 Å². The molecule has 0 saturated carbocycles. The Morgan fingerprint density at radius 3 is 2.69 bits per heavy atom. The van der Waals surface area contributed by atoms with Gasteiger partial charge in [-0.3, -0.25) is 19.3 Å². The van der Waals surface area contributed by atoms with E-state index in [1.807, 2.05) is 19.1 Å². The SMILES string of the molecule is Cc1ccc(N2C(=O)[C@H](/C=N\NC(=O)c3ccco3)C(=O)NC2=S)cc1. The van der Waals surface area contributed by atoms with E-state index in [9.17, 15) is 14.4 Å². The number of carbonyl (C=O) groups excluding carboxylic acids is 3. The summed E-state index contributed by atoms with van der Waals surface area (Å²) in [6.07, 6.45) is 2.40. The highest BCUT2D eigenvalue weighted by atomic mass is 32.1. The first kappa shape index (κ1) is 17.5. The molecule has 26 heavy (non-hydrogen) atoms. The average molecular weight is 370 g/mol. The molecule has 2 aromatic rings. The number of nitrogens with one attached hydrogen (secondary N) is 2. The van der Waals surface area contributed by atoms with E-state index in [0.29, 0.717) is 5.69 Å². The van der Waals surface area contributed by atoms with Crippen LogP contribution >= 0.6 is 12.2 Å². The molecule has 1 saturated heterocycles. The molecule has 1 aliphatic rings. The van der Waals surface area contributed by atoms with Gasteiger partial charge in [0, 0.05) is 6.21 Å². The largest absolute Gasteiger partial charge is 0.459 e. The van der Waals surface area contributed by atoms with Crippen LogP contribution in [0.15, 0.2) is 52.2 Å². The zero-order valence-electron chi connectivity index (χ0n) is 13.6. The molecule has 0 unspecified atom stereocenters. The summed E-state index contributed by atoms with van der Waals surface area (Å²) in [4.78, 5) is 37.7. The standard InChI is InChI=1S/C17H14N4O4S/c1-10-4-6-11(7-5-10)21-16(24)12(14(22)19-17(21)26)9-18-20-15(23)13-3-2-8-25-13/h2-9,12H,1H3,(H,20,23)(H,19,22,26)/b18-9-/t12-/m1/s1. The summed E-state index contributed by atoms with van der Waals surface area (Å²) in [5.74, 6) is -2.93. The van der Waals surface area contributed by atoms with Gasteiger partial charge in [-0.2, -0.15) is 5.10 Å². The van der Waals surface area contributed by atoms with Crippen LogP contribution in [-0.2, 0) is 9.59 Å². The maximum atomic E-state index is 12.7. The van der Waals surface area contributed by atoms with Crippen molar-refractivity contribution in [1.29, 1.82) is 0 Å². The van der Waals surface area contributed by atoms with Crippen LogP contribution in [0.4, 0.5) is 5.69 Å². The predicted molar refractivity (Wildman–Crippen MR) is 97.6 cm³/mol. The lowest BCUT2D eigenvalue weighted by Gasteiger charge is -2.30. The van der Waals surface area contributed by atoms with Crippen LogP contribution in [-0.4, -0.2) is 29.0 Å². The topological polar surface area (TPSA) is 104 Å². The molecule has 1 aliphatic heterocycles. The Hall–Kier alpha value is -3.33. The summed E-state index contributed by atoms with van der Waals surface area (Å²) in [6.45, 7) is 1.92. The minimum atomic E-state index is -1.22. The number of aryl methyl sites for hydroxylation is 1. The fourth-order valence-electron chi connectivity index (χ4n) is 2.29. The van der Waals surface area contributed by atoms with Crippen LogP contribution < -0.4 is 15.6 Å². The molecule has 8 nitrogen and oxygen atoms in total. The number of anilines is 1. The summed E-state index contributed by atoms with van der Waals surface area (Å²) < 4.78 is 4.92. The number of hydrogen-bond donors (Lipinski definition) is 2. The second-order valence-corrected chi connectivity index (χ2v) is 5.86. The number of carbonyl (C=O) groups is 3. The Kier molecular flexibility index (Phi) is 4.90. The van der Waals surface area contributed by atoms with E-state index in [4.69, 9.17) is 16.6 Å². The first-order valence-corrected chi connectivity index (χ1v) is 8.00. The maximum absolute atomic E-state index is 12.7. The molecule has 0 aliphatic carbocycles. The van der Waals surface area contributed by atoms with E-state index >= 15 is 0 Å². The molecule has 9 heteroatoms. The van der Waals surface area contributed by atoms with Crippen molar-refractivity contribution in [3.05, 3.63) is 54.0 Å². The van der Waals surface area contributed by atoms with E-state index < -0.39 is 23.6 Å². The monoisotopic (exact) mass is 370 g/mol. The van der Waals surface area contributed by atoms with Crippen LogP contribution in [0.25, 0.3) is 0 Å². The lowest BCUT2D eigenvalue weighted by molar-refractivity contribution is -0.130. The van der Waals surface area contributed by atoms with Gasteiger partial charge in [-0.1, -0.05) is 17.7 Å². The normalized spacial score (nSPS) is 17.5. The van der Waals surface area contributed by atoms with E-state index in [2.05, 4.69) is 15.8 Å². The third-order valence-electron chi connectivity index (χ3n) is 3.63. The van der Waals surface area contributed by atoms with Gasteiger partial charge < -0.3 is 9.73 Å². The molecule has 3 amide bonds. The van der Waals surface area contributed by atoms with Crippen LogP contribution in [0, 0.1) is 12.8 Å². The van der Waals surface area contributed by atoms with E-state index in [1.165, 1.54) is 17.2 Å². The van der Waals surface area contributed by atoms with Crippen molar-refractivity contribution in [2.75, 3.05) is 4.90 Å². The molecule has 0 bridgehead atoms. The lowest BCUT2D eigenvalue weighted by atomic mass is 10.1. The minimum Gasteiger partial charge on any atom is -0.459 e. The van der Waals surface area contributed by atoms with E-state index in [-0.39, 0.29) is 10.9 Å². The first-order chi connectivity index (χ1) is 12.5. The summed E-state index contributed by atoms with van der Waals surface area (Å²) in [7, 11) is 0. The van der Waals surface area contributed by atoms with Crippen LogP contribution in [0.3, 0.4) is 0 Å². The second kappa shape index (κ2) is 7.28. The molecule has 3 rings (SSSR count). The second-order valence-electron chi connectivity index (χ2n) is 5.48. The Morgan fingerprint density at radius 2 is 2.04 bits per heavy atom. The van der Waals surface area contributed by atoms with E-state index in [1.54, 1.807) is 18.2 Å². The Balaban J connectivity index is 1.76. The zero-order valence-corrected chi connectivity index (χ0v) is 14.4. The predicted octanol–water partition coefficient (Wildman–Crippen LogP) is 1.37. The number of rotatable bonds is 4. The summed E-state index contributed by atoms with van der Waals surface area (Å²) >= 11 is 5.10. The molecule has 1 fully saturated rings. The maximum Gasteiger partial charge on any atom is 0.307 e. The fourth-order valence-corrected chi connectivity index (χ4v) is 2.59. The smallest absolute Gasteiger partial charge is 0.307 e. The molecule has 2 N–H and O–H groups in total. The minimum absolute atomic E-state index is 0.00637. The average Bonchev–Trinajstić information content (AvgIpc) is 3.14. The highest BCUT2D eigenvalue weighted by Gasteiger charge is 2.38. The molecule has 2 heterocycles. The Morgan fingerprint density at radius 1 is 1.31 bits per heavy atom. The van der Waals surface area contributed by atoms with Gasteiger partial charge in [-0.05, 0) is 43.4 Å². The van der Waals surface area contributed by atoms with Crippen molar-refractivity contribution < 1.29 is 18.8 Å². The number of hydrazone groups is 1. The van der Waals surface area contributed by atoms with Crippen molar-refractivity contribution in [1.82, 2.24) is 10.7 Å². The van der Waals surface area contributed by atoms with Gasteiger partial charge in [0.25, 0.3) is 5.91 Å². The Labute approximate surface area is 153 Å². The van der Waals surface area contributed by atoms with Crippen LogP contribution in [0.2, 0.25) is 0 Å². The zero-order chi connectivity index (χ0) is 18.7. The third kappa shape index (κ3) is 3.52. The highest BCUT2D eigenvalue weighted by molar-refractivity contribution is 7.80. The number of hydrogen-bond acceptors (Lipinski definition) is 6. The highest BCUT2D eigenvalue weighted by Crippen LogP contribution is 2.20. The number of nitrogens with zero attached hydrogens (tertiary/aromatic N) is 2. The van der Waals surface area contributed by atoms with Gasteiger partial charge >= 0.3 is 5.91 Å². The molecule has 1 atom stereocenters. The molecule has 0 spiro atoms. The van der Waals surface area contributed by atoms with E-state index in [0.717, 1.165) is 11.8 Å². The number of furan rings is 1. The third-order valence-corrected chi connectivity index (χ3v) is 3.91. The Bertz CT molecular complexity index is 890. The quantitative estimate of drug-likeness (QED) is 0.366. The van der Waals surface area contributed by atoms with Gasteiger partial charge in [-0.15, -0.1) is 0 Å². The molecule has 0 radical (unpaired) electrons. The molecule has 132 valence electrons. The number of amides is 3. The molecule has 1 aromatic heterocycles. The summed E-state index contributed by atoms with van der Waals surface area (Å²) in [5, 5.41) is 6.14. The van der Waals surface area contributed by atoms with Crippen LogP contribution in [0.5, 0.6) is 0 Å². The van der Waals surface area contributed by atoms with Gasteiger partial charge in [0.1, 0.15) is 0 Å².